The average molecular weight is 414 g/mol. The Bertz CT molecular complexity index is 1080. The topological polar surface area (TPSA) is 96.3 Å². The summed E-state index contributed by atoms with van der Waals surface area (Å²) in [6.07, 6.45) is 2.45. The molecule has 0 saturated carbocycles. The van der Waals surface area contributed by atoms with E-state index in [2.05, 4.69) is 15.7 Å². The lowest BCUT2D eigenvalue weighted by Crippen LogP contribution is -2.30. The second-order valence-electron chi connectivity index (χ2n) is 6.53. The highest BCUT2D eigenvalue weighted by Gasteiger charge is 2.17. The Balaban J connectivity index is 1.53. The first-order chi connectivity index (χ1) is 13.9. The van der Waals surface area contributed by atoms with E-state index in [1.54, 1.807) is 16.8 Å². The number of benzene rings is 2. The molecule has 152 valence electrons. The molecule has 0 fully saturated rings. The van der Waals surface area contributed by atoms with Crippen molar-refractivity contribution < 1.29 is 13.2 Å². The number of nitrogens with one attached hydrogen (secondary N) is 2. The van der Waals surface area contributed by atoms with Gasteiger partial charge in [0, 0.05) is 38.9 Å². The van der Waals surface area contributed by atoms with Gasteiger partial charge in [-0.3, -0.25) is 0 Å². The Labute approximate surface area is 170 Å². The molecule has 0 aliphatic rings. The van der Waals surface area contributed by atoms with Gasteiger partial charge >= 0.3 is 6.03 Å². The van der Waals surface area contributed by atoms with Crippen LogP contribution < -0.4 is 10.6 Å². The third-order valence-corrected chi connectivity index (χ3v) is 6.01. The van der Waals surface area contributed by atoms with Crippen molar-refractivity contribution in [1.82, 2.24) is 19.4 Å². The van der Waals surface area contributed by atoms with Crippen LogP contribution in [0.5, 0.6) is 0 Å². The monoisotopic (exact) mass is 413 g/mol. The van der Waals surface area contributed by atoms with Crippen LogP contribution in [0.2, 0.25) is 0 Å². The fraction of sp³-hybridized carbons (Fsp3) is 0.200. The molecule has 1 heterocycles. The SMILES string of the molecule is CN(C)S(=O)(=O)c1cccc(NC(=O)NCCc2ccn(-c3ccccc3)n2)c1. The third-order valence-electron chi connectivity index (χ3n) is 4.20. The van der Waals surface area contributed by atoms with Gasteiger partial charge in [-0.15, -0.1) is 0 Å². The van der Waals surface area contributed by atoms with E-state index >= 15 is 0 Å². The first-order valence-electron chi connectivity index (χ1n) is 9.04. The number of hydrogen-bond acceptors (Lipinski definition) is 4. The average Bonchev–Trinajstić information content (AvgIpc) is 3.17. The molecule has 9 heteroatoms. The molecule has 0 spiro atoms. The minimum atomic E-state index is -3.56. The molecule has 2 aromatic carbocycles. The third kappa shape index (κ3) is 5.21. The zero-order valence-corrected chi connectivity index (χ0v) is 17.1. The minimum absolute atomic E-state index is 0.117. The predicted molar refractivity (Wildman–Crippen MR) is 112 cm³/mol. The summed E-state index contributed by atoms with van der Waals surface area (Å²) in [4.78, 5) is 12.2. The number of urea groups is 1. The summed E-state index contributed by atoms with van der Waals surface area (Å²) >= 11 is 0. The van der Waals surface area contributed by atoms with Gasteiger partial charge in [0.05, 0.1) is 16.3 Å². The number of sulfonamides is 1. The second-order valence-corrected chi connectivity index (χ2v) is 8.69. The van der Waals surface area contributed by atoms with Crippen molar-refractivity contribution in [3.05, 3.63) is 72.6 Å². The molecule has 1 aromatic heterocycles. The zero-order valence-electron chi connectivity index (χ0n) is 16.2. The molecule has 3 rings (SSSR count). The van der Waals surface area contributed by atoms with E-state index in [1.165, 1.54) is 26.2 Å². The number of nitrogens with zero attached hydrogens (tertiary/aromatic N) is 3. The molecule has 0 bridgehead atoms. The van der Waals surface area contributed by atoms with E-state index in [0.29, 0.717) is 18.7 Å². The number of rotatable bonds is 7. The second kappa shape index (κ2) is 8.89. The standard InChI is InChI=1S/C20H23N5O3S/c1-24(2)29(27,28)19-10-6-7-17(15-19)22-20(26)21-13-11-16-12-14-25(23-16)18-8-4-3-5-9-18/h3-10,12,14-15H,11,13H2,1-2H3,(H2,21,22,26). The largest absolute Gasteiger partial charge is 0.337 e. The quantitative estimate of drug-likeness (QED) is 0.622. The maximum absolute atomic E-state index is 12.2. The number of hydrogen-bond donors (Lipinski definition) is 2. The Morgan fingerprint density at radius 1 is 1.07 bits per heavy atom. The smallest absolute Gasteiger partial charge is 0.319 e. The molecule has 0 saturated heterocycles. The van der Waals surface area contributed by atoms with Crippen molar-refractivity contribution in [2.45, 2.75) is 11.3 Å². The van der Waals surface area contributed by atoms with E-state index < -0.39 is 16.1 Å². The highest BCUT2D eigenvalue weighted by atomic mass is 32.2. The van der Waals surface area contributed by atoms with Gasteiger partial charge in [-0.05, 0) is 36.4 Å². The van der Waals surface area contributed by atoms with Crippen LogP contribution in [0.25, 0.3) is 5.69 Å². The number of amides is 2. The van der Waals surface area contributed by atoms with Crippen LogP contribution >= 0.6 is 0 Å². The number of carbonyl (C=O) groups is 1. The lowest BCUT2D eigenvalue weighted by molar-refractivity contribution is 0.252. The van der Waals surface area contributed by atoms with E-state index in [0.717, 1.165) is 15.7 Å². The van der Waals surface area contributed by atoms with Crippen molar-refractivity contribution in [2.24, 2.45) is 0 Å². The molecule has 0 unspecified atom stereocenters. The maximum atomic E-state index is 12.2. The van der Waals surface area contributed by atoms with Gasteiger partial charge < -0.3 is 10.6 Å². The van der Waals surface area contributed by atoms with Gasteiger partial charge in [-0.25, -0.2) is 22.2 Å². The Kier molecular flexibility index (Phi) is 6.30. The molecular formula is C20H23N5O3S. The molecule has 8 nitrogen and oxygen atoms in total. The highest BCUT2D eigenvalue weighted by molar-refractivity contribution is 7.89. The first kappa shape index (κ1) is 20.6. The minimum Gasteiger partial charge on any atom is -0.337 e. The van der Waals surface area contributed by atoms with Crippen LogP contribution in [-0.4, -0.2) is 49.2 Å². The highest BCUT2D eigenvalue weighted by Crippen LogP contribution is 2.17. The zero-order chi connectivity index (χ0) is 20.9. The van der Waals surface area contributed by atoms with Crippen molar-refractivity contribution in [2.75, 3.05) is 26.0 Å². The van der Waals surface area contributed by atoms with Crippen LogP contribution in [0.15, 0.2) is 71.8 Å². The van der Waals surface area contributed by atoms with Gasteiger partial charge in [0.2, 0.25) is 10.0 Å². The molecule has 0 atom stereocenters. The van der Waals surface area contributed by atoms with Gasteiger partial charge in [0.25, 0.3) is 0 Å². The molecule has 2 amide bonds. The summed E-state index contributed by atoms with van der Waals surface area (Å²) in [6, 6.07) is 17.4. The summed E-state index contributed by atoms with van der Waals surface area (Å²) in [5, 5.41) is 9.89. The van der Waals surface area contributed by atoms with Crippen LogP contribution in [0.1, 0.15) is 5.69 Å². The number of anilines is 1. The van der Waals surface area contributed by atoms with E-state index in [9.17, 15) is 13.2 Å². The predicted octanol–water partition coefficient (Wildman–Crippen LogP) is 2.49. The van der Waals surface area contributed by atoms with Gasteiger partial charge in [0.15, 0.2) is 0 Å². The lowest BCUT2D eigenvalue weighted by Gasteiger charge is -2.13. The normalized spacial score (nSPS) is 11.4. The van der Waals surface area contributed by atoms with Crippen LogP contribution in [0.3, 0.4) is 0 Å². The van der Waals surface area contributed by atoms with Crippen LogP contribution in [0, 0.1) is 0 Å². The lowest BCUT2D eigenvalue weighted by atomic mass is 10.3. The molecule has 0 aliphatic heterocycles. The fourth-order valence-electron chi connectivity index (χ4n) is 2.64. The number of para-hydroxylation sites is 1. The van der Waals surface area contributed by atoms with Crippen molar-refractivity contribution >= 4 is 21.7 Å². The fourth-order valence-corrected chi connectivity index (χ4v) is 3.59. The number of carbonyl (C=O) groups excluding carboxylic acids is 1. The molecule has 2 N–H and O–H groups in total. The Morgan fingerprint density at radius 2 is 1.83 bits per heavy atom. The van der Waals surface area contributed by atoms with Crippen LogP contribution in [0.4, 0.5) is 10.5 Å². The van der Waals surface area contributed by atoms with Crippen molar-refractivity contribution in [3.63, 3.8) is 0 Å². The summed E-state index contributed by atoms with van der Waals surface area (Å²) in [5.41, 5.74) is 2.23. The first-order valence-corrected chi connectivity index (χ1v) is 10.5. The Morgan fingerprint density at radius 3 is 2.55 bits per heavy atom. The Hall–Kier alpha value is -3.17. The molecule has 0 radical (unpaired) electrons. The van der Waals surface area contributed by atoms with Gasteiger partial charge in [-0.1, -0.05) is 24.3 Å². The molecular weight excluding hydrogens is 390 g/mol. The van der Waals surface area contributed by atoms with E-state index in [-0.39, 0.29) is 4.90 Å². The van der Waals surface area contributed by atoms with E-state index in [4.69, 9.17) is 0 Å². The summed E-state index contributed by atoms with van der Waals surface area (Å²) in [7, 11) is -0.639. The van der Waals surface area contributed by atoms with Gasteiger partial charge in [0.1, 0.15) is 0 Å². The molecule has 0 aliphatic carbocycles. The molecule has 29 heavy (non-hydrogen) atoms. The summed E-state index contributed by atoms with van der Waals surface area (Å²) in [6.45, 7) is 0.396. The van der Waals surface area contributed by atoms with Crippen LogP contribution in [-0.2, 0) is 16.4 Å². The van der Waals surface area contributed by atoms with Crippen molar-refractivity contribution in [3.8, 4) is 5.69 Å². The van der Waals surface area contributed by atoms with Crippen molar-refractivity contribution in [1.29, 1.82) is 0 Å². The van der Waals surface area contributed by atoms with Gasteiger partial charge in [-0.2, -0.15) is 5.10 Å². The molecule has 3 aromatic rings. The summed E-state index contributed by atoms with van der Waals surface area (Å²) in [5.74, 6) is 0. The summed E-state index contributed by atoms with van der Waals surface area (Å²) < 4.78 is 27.3. The number of aromatic nitrogens is 2. The maximum Gasteiger partial charge on any atom is 0.319 e. The van der Waals surface area contributed by atoms with E-state index in [1.807, 2.05) is 42.6 Å².